The number of fused-ring (bicyclic) bond motifs is 1. The highest BCUT2D eigenvalue weighted by atomic mass is 32.1. The molecule has 2 heterocycles. The van der Waals surface area contributed by atoms with Crippen LogP contribution in [-0.2, 0) is 6.54 Å². The lowest BCUT2D eigenvalue weighted by Gasteiger charge is -2.22. The van der Waals surface area contributed by atoms with E-state index in [0.29, 0.717) is 23.7 Å². The summed E-state index contributed by atoms with van der Waals surface area (Å²) in [4.78, 5) is 14.1. The number of benzene rings is 2. The molecule has 1 aliphatic heterocycles. The summed E-state index contributed by atoms with van der Waals surface area (Å²) in [5, 5.41) is 16.9. The van der Waals surface area contributed by atoms with Crippen LogP contribution in [0.5, 0.6) is 17.5 Å². The van der Waals surface area contributed by atoms with E-state index in [-0.39, 0.29) is 29.3 Å². The van der Waals surface area contributed by atoms with Gasteiger partial charge in [0.15, 0.2) is 10.7 Å². The summed E-state index contributed by atoms with van der Waals surface area (Å²) < 4.78 is 53.7. The molecule has 35 heavy (non-hydrogen) atoms. The zero-order valence-corrected chi connectivity index (χ0v) is 18.9. The number of alkyl halides is 3. The van der Waals surface area contributed by atoms with Gasteiger partial charge in [0.25, 0.3) is 0 Å². The molecule has 0 saturated heterocycles. The molecular formula is C21H18F3N5O5S. The molecule has 1 aromatic heterocycles. The quantitative estimate of drug-likeness (QED) is 0.265. The summed E-state index contributed by atoms with van der Waals surface area (Å²) in [7, 11) is 0. The van der Waals surface area contributed by atoms with E-state index in [4.69, 9.17) is 21.7 Å². The number of halogens is 3. The molecule has 2 aromatic carbocycles. The number of nitro groups is 1. The van der Waals surface area contributed by atoms with Gasteiger partial charge in [0, 0.05) is 16.4 Å². The Hall–Kier alpha value is -4.07. The number of aromatic nitrogens is 2. The number of thiocarbonyl (C=S) groups is 1. The normalized spacial score (nSPS) is 16.7. The molecule has 4 rings (SSSR count). The van der Waals surface area contributed by atoms with Crippen LogP contribution in [-0.4, -0.2) is 38.2 Å². The van der Waals surface area contributed by atoms with Gasteiger partial charge in [-0.15, -0.1) is 13.2 Å². The molecule has 0 fully saturated rings. The number of hydrogen-bond donors (Lipinski definition) is 2. The van der Waals surface area contributed by atoms with Crippen LogP contribution in [0.2, 0.25) is 0 Å². The van der Waals surface area contributed by atoms with Crippen molar-refractivity contribution in [3.63, 3.8) is 0 Å². The van der Waals surface area contributed by atoms with Crippen LogP contribution in [0.4, 0.5) is 30.4 Å². The number of ether oxygens (including phenoxy) is 3. The number of imidazole rings is 1. The maximum absolute atomic E-state index is 12.2. The van der Waals surface area contributed by atoms with Crippen molar-refractivity contribution in [3.8, 4) is 17.5 Å². The molecule has 0 saturated carbocycles. The second-order valence-corrected chi connectivity index (χ2v) is 8.19. The van der Waals surface area contributed by atoms with Crippen molar-refractivity contribution in [2.24, 2.45) is 0 Å². The van der Waals surface area contributed by atoms with Crippen molar-refractivity contribution in [1.82, 2.24) is 9.55 Å². The zero-order chi connectivity index (χ0) is 25.2. The van der Waals surface area contributed by atoms with Crippen LogP contribution in [0.1, 0.15) is 6.92 Å². The molecule has 0 spiro atoms. The molecule has 184 valence electrons. The molecule has 0 radical (unpaired) electrons. The number of nitrogens with one attached hydrogen (secondary N) is 2. The van der Waals surface area contributed by atoms with Gasteiger partial charge in [-0.05, 0) is 72.6 Å². The SMILES string of the molecule is C[C@]1(COc2ccc(NC(=S)Nc3ccc(OC(F)(F)F)cc3)cc2)Cn2cc([N+](=O)[O-])nc2O1. The van der Waals surface area contributed by atoms with Gasteiger partial charge in [-0.3, -0.25) is 4.57 Å². The van der Waals surface area contributed by atoms with Gasteiger partial charge in [-0.1, -0.05) is 0 Å². The molecule has 3 aromatic rings. The van der Waals surface area contributed by atoms with E-state index in [2.05, 4.69) is 20.4 Å². The Morgan fingerprint density at radius 1 is 1.17 bits per heavy atom. The van der Waals surface area contributed by atoms with Crippen molar-refractivity contribution < 1.29 is 32.3 Å². The number of anilines is 2. The Bertz CT molecular complexity index is 1210. The standard InChI is InChI=1S/C21H18F3N5O5S/c1-20(11-28-10-17(29(30)31)27-19(28)34-20)12-32-15-6-2-13(3-7-15)25-18(35)26-14-4-8-16(9-5-14)33-21(22,23)24/h2-10H,11-12H2,1H3,(H2,25,26,35)/t20-/m1/s1. The van der Waals surface area contributed by atoms with Gasteiger partial charge in [0.1, 0.15) is 24.3 Å². The second-order valence-electron chi connectivity index (χ2n) is 7.78. The van der Waals surface area contributed by atoms with Crippen molar-refractivity contribution in [1.29, 1.82) is 0 Å². The Balaban J connectivity index is 1.25. The lowest BCUT2D eigenvalue weighted by Crippen LogP contribution is -2.38. The van der Waals surface area contributed by atoms with E-state index < -0.39 is 16.9 Å². The maximum atomic E-state index is 12.2. The topological polar surface area (TPSA) is 113 Å². The van der Waals surface area contributed by atoms with Crippen LogP contribution in [0.25, 0.3) is 0 Å². The molecule has 0 bridgehead atoms. The van der Waals surface area contributed by atoms with Gasteiger partial charge in [0.2, 0.25) is 0 Å². The molecule has 0 unspecified atom stereocenters. The fraction of sp³-hybridized carbons (Fsp3) is 0.238. The Morgan fingerprint density at radius 3 is 2.26 bits per heavy atom. The number of rotatable bonds is 7. The van der Waals surface area contributed by atoms with Crippen LogP contribution in [0, 0.1) is 10.1 Å². The summed E-state index contributed by atoms with van der Waals surface area (Å²) in [6, 6.07) is 12.2. The summed E-state index contributed by atoms with van der Waals surface area (Å²) in [6.45, 7) is 2.35. The smallest absolute Gasteiger partial charge is 0.489 e. The predicted octanol–water partition coefficient (Wildman–Crippen LogP) is 4.73. The number of nitrogens with zero attached hydrogens (tertiary/aromatic N) is 3. The minimum absolute atomic E-state index is 0.172. The van der Waals surface area contributed by atoms with E-state index in [1.165, 1.54) is 30.5 Å². The van der Waals surface area contributed by atoms with Crippen molar-refractivity contribution in [2.75, 3.05) is 17.2 Å². The average Bonchev–Trinajstić information content (AvgIpc) is 3.29. The Labute approximate surface area is 201 Å². The van der Waals surface area contributed by atoms with Crippen LogP contribution >= 0.6 is 12.2 Å². The molecular weight excluding hydrogens is 491 g/mol. The first kappa shape index (κ1) is 24.1. The average molecular weight is 509 g/mol. The zero-order valence-electron chi connectivity index (χ0n) is 18.0. The largest absolute Gasteiger partial charge is 0.573 e. The fourth-order valence-corrected chi connectivity index (χ4v) is 3.50. The van der Waals surface area contributed by atoms with Gasteiger partial charge in [-0.25, -0.2) is 0 Å². The molecule has 0 aliphatic carbocycles. The lowest BCUT2D eigenvalue weighted by atomic mass is 10.1. The third-order valence-corrected chi connectivity index (χ3v) is 4.96. The maximum Gasteiger partial charge on any atom is 0.573 e. The third kappa shape index (κ3) is 6.29. The number of hydrogen-bond acceptors (Lipinski definition) is 7. The summed E-state index contributed by atoms with van der Waals surface area (Å²) >= 11 is 5.23. The molecule has 2 N–H and O–H groups in total. The first-order chi connectivity index (χ1) is 16.5. The van der Waals surface area contributed by atoms with Crippen molar-refractivity contribution in [3.05, 3.63) is 64.8 Å². The minimum atomic E-state index is -4.75. The van der Waals surface area contributed by atoms with Gasteiger partial charge in [-0.2, -0.15) is 0 Å². The molecule has 1 atom stereocenters. The second kappa shape index (κ2) is 9.29. The summed E-state index contributed by atoms with van der Waals surface area (Å²) in [5.41, 5.74) is 0.398. The first-order valence-corrected chi connectivity index (χ1v) is 10.5. The third-order valence-electron chi connectivity index (χ3n) is 4.76. The van der Waals surface area contributed by atoms with E-state index in [1.807, 2.05) is 6.92 Å². The van der Waals surface area contributed by atoms with E-state index >= 15 is 0 Å². The van der Waals surface area contributed by atoms with Crippen LogP contribution < -0.4 is 24.8 Å². The Morgan fingerprint density at radius 2 is 1.74 bits per heavy atom. The molecule has 1 aliphatic rings. The minimum Gasteiger partial charge on any atom is -0.489 e. The highest BCUT2D eigenvalue weighted by Gasteiger charge is 2.41. The van der Waals surface area contributed by atoms with Crippen LogP contribution in [0.15, 0.2) is 54.7 Å². The fourth-order valence-electron chi connectivity index (χ4n) is 3.26. The highest BCUT2D eigenvalue weighted by molar-refractivity contribution is 7.80. The van der Waals surface area contributed by atoms with Gasteiger partial charge >= 0.3 is 18.2 Å². The highest BCUT2D eigenvalue weighted by Crippen LogP contribution is 2.31. The van der Waals surface area contributed by atoms with E-state index in [0.717, 1.165) is 0 Å². The van der Waals surface area contributed by atoms with Gasteiger partial charge < -0.3 is 35.0 Å². The summed E-state index contributed by atoms with van der Waals surface area (Å²) in [6.07, 6.45) is -3.43. The first-order valence-electron chi connectivity index (χ1n) is 10.1. The lowest BCUT2D eigenvalue weighted by molar-refractivity contribution is -0.389. The molecule has 10 nitrogen and oxygen atoms in total. The predicted molar refractivity (Wildman–Crippen MR) is 123 cm³/mol. The molecule has 0 amide bonds. The van der Waals surface area contributed by atoms with E-state index in [9.17, 15) is 23.3 Å². The van der Waals surface area contributed by atoms with Crippen LogP contribution in [0.3, 0.4) is 0 Å². The monoisotopic (exact) mass is 509 g/mol. The van der Waals surface area contributed by atoms with E-state index in [1.54, 1.807) is 28.8 Å². The summed E-state index contributed by atoms with van der Waals surface area (Å²) in [5.74, 6) is -0.0403. The van der Waals surface area contributed by atoms with Gasteiger partial charge in [0.05, 0.1) is 6.54 Å². The Kier molecular flexibility index (Phi) is 6.39. The van der Waals surface area contributed by atoms with Crippen molar-refractivity contribution >= 4 is 34.5 Å². The van der Waals surface area contributed by atoms with Crippen molar-refractivity contribution in [2.45, 2.75) is 25.4 Å². The molecule has 14 heteroatoms.